The Balaban J connectivity index is 1.80. The fourth-order valence-corrected chi connectivity index (χ4v) is 5.02. The van der Waals surface area contributed by atoms with Crippen molar-refractivity contribution in [2.75, 3.05) is 12.4 Å². The quantitative estimate of drug-likeness (QED) is 0.156. The average molecular weight is 574 g/mol. The van der Waals surface area contributed by atoms with Gasteiger partial charge in [-0.1, -0.05) is 54.4 Å². The largest absolute Gasteiger partial charge is 0.505 e. The molecule has 9 nitrogen and oxygen atoms in total. The van der Waals surface area contributed by atoms with Gasteiger partial charge in [0, 0.05) is 11.5 Å². The number of carbonyl (C=O) groups is 1. The van der Waals surface area contributed by atoms with E-state index < -0.39 is 21.8 Å². The third-order valence-electron chi connectivity index (χ3n) is 5.71. The van der Waals surface area contributed by atoms with Crippen LogP contribution >= 0.6 is 23.2 Å². The number of phenols is 1. The van der Waals surface area contributed by atoms with Gasteiger partial charge in [-0.15, -0.1) is 10.2 Å². The first-order valence-electron chi connectivity index (χ1n) is 11.1. The topological polar surface area (TPSA) is 138 Å². The van der Waals surface area contributed by atoms with Crippen LogP contribution in [0.1, 0.15) is 22.8 Å². The van der Waals surface area contributed by atoms with Crippen LogP contribution in [0.2, 0.25) is 10.0 Å². The highest BCUT2D eigenvalue weighted by Gasteiger charge is 2.21. The van der Waals surface area contributed by atoms with Crippen LogP contribution in [0.4, 0.5) is 17.1 Å². The lowest BCUT2D eigenvalue weighted by molar-refractivity contribution is 0.102. The second-order valence-corrected chi connectivity index (χ2v) is 10.3. The molecule has 0 heterocycles. The first-order valence-corrected chi connectivity index (χ1v) is 13.3. The van der Waals surface area contributed by atoms with Gasteiger partial charge in [0.05, 0.1) is 33.3 Å². The molecule has 0 saturated carbocycles. The van der Waals surface area contributed by atoms with Crippen molar-refractivity contribution >= 4 is 67.1 Å². The van der Waals surface area contributed by atoms with E-state index in [1.807, 2.05) is 0 Å². The first-order chi connectivity index (χ1) is 18.0. The molecule has 0 fully saturated rings. The number of aryl methyl sites for hydroxylation is 1. The lowest BCUT2D eigenvalue weighted by Gasteiger charge is -2.13. The standard InChI is InChI=1S/C26H21Cl2N3O6S/c1-3-14-11-22(20(28)13-23(14)38(34,35)36)30-31-24-17-7-5-4-6-15(17)10-18(25(24)32)26(33)29-21-12-16(37-2)8-9-19(21)27/h4-13,32H,3H2,1-2H3,(H,29,33)(H,34,35,36). The zero-order chi connectivity index (χ0) is 27.6. The predicted octanol–water partition coefficient (Wildman–Crippen LogP) is 7.34. The highest BCUT2D eigenvalue weighted by molar-refractivity contribution is 7.85. The molecule has 0 spiro atoms. The molecule has 0 unspecified atom stereocenters. The Kier molecular flexibility index (Phi) is 7.89. The number of methoxy groups -OCH3 is 1. The van der Waals surface area contributed by atoms with Crippen LogP contribution in [0.25, 0.3) is 10.8 Å². The Morgan fingerprint density at radius 1 is 1.03 bits per heavy atom. The van der Waals surface area contributed by atoms with Crippen molar-refractivity contribution in [3.05, 3.63) is 81.8 Å². The number of azo groups is 1. The molecule has 4 aromatic rings. The van der Waals surface area contributed by atoms with Gasteiger partial charge in [0.25, 0.3) is 16.0 Å². The van der Waals surface area contributed by atoms with Crippen LogP contribution in [0.15, 0.2) is 75.8 Å². The van der Waals surface area contributed by atoms with E-state index in [9.17, 15) is 22.9 Å². The van der Waals surface area contributed by atoms with Gasteiger partial charge in [-0.25, -0.2) is 0 Å². The number of amides is 1. The Morgan fingerprint density at radius 3 is 2.45 bits per heavy atom. The maximum absolute atomic E-state index is 13.2. The zero-order valence-corrected chi connectivity index (χ0v) is 22.4. The molecule has 38 heavy (non-hydrogen) atoms. The lowest BCUT2D eigenvalue weighted by atomic mass is 10.0. The molecule has 0 radical (unpaired) electrons. The van der Waals surface area contributed by atoms with E-state index in [4.69, 9.17) is 27.9 Å². The molecule has 1 amide bonds. The number of anilines is 1. The van der Waals surface area contributed by atoms with Crippen molar-refractivity contribution in [1.29, 1.82) is 0 Å². The summed E-state index contributed by atoms with van der Waals surface area (Å²) in [5.74, 6) is -0.612. The SMILES string of the molecule is CCc1cc(N=Nc2c(O)c(C(=O)Nc3cc(OC)ccc3Cl)cc3ccccc23)c(Cl)cc1S(=O)(=O)O. The Morgan fingerprint density at radius 2 is 1.76 bits per heavy atom. The summed E-state index contributed by atoms with van der Waals surface area (Å²) in [6.45, 7) is 1.70. The summed E-state index contributed by atoms with van der Waals surface area (Å²) in [4.78, 5) is 12.9. The van der Waals surface area contributed by atoms with Gasteiger partial charge in [0.15, 0.2) is 5.75 Å². The van der Waals surface area contributed by atoms with Crippen molar-refractivity contribution < 1.29 is 27.6 Å². The molecule has 196 valence electrons. The average Bonchev–Trinajstić information content (AvgIpc) is 2.89. The monoisotopic (exact) mass is 573 g/mol. The maximum Gasteiger partial charge on any atom is 0.294 e. The molecule has 4 aromatic carbocycles. The van der Waals surface area contributed by atoms with E-state index in [1.165, 1.54) is 19.2 Å². The molecule has 0 aliphatic carbocycles. The Hall–Kier alpha value is -3.70. The van der Waals surface area contributed by atoms with E-state index in [0.29, 0.717) is 16.5 Å². The predicted molar refractivity (Wildman–Crippen MR) is 146 cm³/mol. The van der Waals surface area contributed by atoms with Crippen molar-refractivity contribution in [2.45, 2.75) is 18.2 Å². The van der Waals surface area contributed by atoms with Gasteiger partial charge < -0.3 is 15.2 Å². The smallest absolute Gasteiger partial charge is 0.294 e. The normalized spacial score (nSPS) is 11.7. The van der Waals surface area contributed by atoms with Crippen molar-refractivity contribution in [2.24, 2.45) is 10.2 Å². The van der Waals surface area contributed by atoms with Gasteiger partial charge in [0.2, 0.25) is 0 Å². The summed E-state index contributed by atoms with van der Waals surface area (Å²) in [6, 6.07) is 15.7. The summed E-state index contributed by atoms with van der Waals surface area (Å²) in [7, 11) is -3.02. The Labute approximate surface area is 228 Å². The minimum atomic E-state index is -4.49. The summed E-state index contributed by atoms with van der Waals surface area (Å²) in [5.41, 5.74) is 0.585. The molecule has 0 aliphatic heterocycles. The lowest BCUT2D eigenvalue weighted by Crippen LogP contribution is -2.12. The highest BCUT2D eigenvalue weighted by Crippen LogP contribution is 2.41. The summed E-state index contributed by atoms with van der Waals surface area (Å²) >= 11 is 12.4. The van der Waals surface area contributed by atoms with Gasteiger partial charge in [-0.3, -0.25) is 9.35 Å². The number of rotatable bonds is 7. The number of aromatic hydroxyl groups is 1. The number of nitrogens with one attached hydrogen (secondary N) is 1. The van der Waals surface area contributed by atoms with Crippen molar-refractivity contribution in [1.82, 2.24) is 0 Å². The fraction of sp³-hybridized carbons (Fsp3) is 0.115. The Bertz CT molecular complexity index is 1710. The second kappa shape index (κ2) is 11.0. The molecular weight excluding hydrogens is 553 g/mol. The molecule has 0 aromatic heterocycles. The van der Waals surface area contributed by atoms with Gasteiger partial charge in [-0.2, -0.15) is 8.42 Å². The van der Waals surface area contributed by atoms with Crippen LogP contribution in [-0.4, -0.2) is 31.1 Å². The molecule has 0 bridgehead atoms. The maximum atomic E-state index is 13.2. The number of hydrogen-bond acceptors (Lipinski definition) is 7. The molecule has 0 atom stereocenters. The van der Waals surface area contributed by atoms with Crippen molar-refractivity contribution in [3.63, 3.8) is 0 Å². The molecule has 12 heteroatoms. The van der Waals surface area contributed by atoms with E-state index in [0.717, 1.165) is 6.07 Å². The van der Waals surface area contributed by atoms with Crippen molar-refractivity contribution in [3.8, 4) is 11.5 Å². The fourth-order valence-electron chi connectivity index (χ4n) is 3.79. The number of ether oxygens (including phenoxy) is 1. The number of halogens is 2. The van der Waals surface area contributed by atoms with E-state index >= 15 is 0 Å². The van der Waals surface area contributed by atoms with E-state index in [-0.39, 0.29) is 49.6 Å². The number of hydrogen-bond donors (Lipinski definition) is 3. The van der Waals surface area contributed by atoms with Crippen LogP contribution < -0.4 is 10.1 Å². The molecule has 4 rings (SSSR count). The first kappa shape index (κ1) is 27.3. The minimum absolute atomic E-state index is 0.00189. The zero-order valence-electron chi connectivity index (χ0n) is 20.1. The number of phenolic OH excluding ortho intramolecular Hbond substituents is 1. The summed E-state index contributed by atoms with van der Waals surface area (Å²) in [6.07, 6.45) is 0.269. The van der Waals surface area contributed by atoms with E-state index in [2.05, 4.69) is 15.5 Å². The minimum Gasteiger partial charge on any atom is -0.505 e. The van der Waals surface area contributed by atoms with Gasteiger partial charge in [-0.05, 0) is 47.7 Å². The number of nitrogens with zero attached hydrogens (tertiary/aromatic N) is 2. The van der Waals surface area contributed by atoms with Gasteiger partial charge in [0.1, 0.15) is 17.1 Å². The number of fused-ring (bicyclic) bond motifs is 1. The molecule has 3 N–H and O–H groups in total. The number of benzene rings is 4. The van der Waals surface area contributed by atoms with Gasteiger partial charge >= 0.3 is 0 Å². The third kappa shape index (κ3) is 5.58. The van der Waals surface area contributed by atoms with E-state index in [1.54, 1.807) is 49.4 Å². The number of carbonyl (C=O) groups excluding carboxylic acids is 1. The third-order valence-corrected chi connectivity index (χ3v) is 7.28. The second-order valence-electron chi connectivity index (χ2n) is 8.08. The molecule has 0 aliphatic rings. The van der Waals surface area contributed by atoms with Crippen LogP contribution in [0.5, 0.6) is 11.5 Å². The highest BCUT2D eigenvalue weighted by atomic mass is 35.5. The van der Waals surface area contributed by atoms with Crippen LogP contribution in [0, 0.1) is 0 Å². The molecule has 0 saturated heterocycles. The summed E-state index contributed by atoms with van der Waals surface area (Å²) < 4.78 is 38.1. The summed E-state index contributed by atoms with van der Waals surface area (Å²) in [5, 5.41) is 23.4. The van der Waals surface area contributed by atoms with Crippen LogP contribution in [0.3, 0.4) is 0 Å². The van der Waals surface area contributed by atoms with Crippen LogP contribution in [-0.2, 0) is 16.5 Å². The molecular formula is C26H21Cl2N3O6S.